The molecule has 1 aromatic carbocycles. The molecule has 1 aromatic rings. The van der Waals surface area contributed by atoms with E-state index in [1.807, 2.05) is 30.0 Å². The Morgan fingerprint density at radius 2 is 1.74 bits per heavy atom. The maximum absolute atomic E-state index is 11.8. The molecule has 0 aromatic heterocycles. The van der Waals surface area contributed by atoms with Crippen molar-refractivity contribution in [1.82, 2.24) is 10.6 Å². The second-order valence-electron chi connectivity index (χ2n) is 5.56. The van der Waals surface area contributed by atoms with Crippen molar-refractivity contribution in [1.29, 1.82) is 0 Å². The third-order valence-electron chi connectivity index (χ3n) is 3.83. The van der Waals surface area contributed by atoms with Gasteiger partial charge >= 0.3 is 0 Å². The Labute approximate surface area is 147 Å². The summed E-state index contributed by atoms with van der Waals surface area (Å²) in [6.45, 7) is 0.521. The van der Waals surface area contributed by atoms with Gasteiger partial charge in [0, 0.05) is 16.2 Å². The van der Waals surface area contributed by atoms with Gasteiger partial charge < -0.3 is 16.4 Å². The largest absolute Gasteiger partial charge is 0.353 e. The second kappa shape index (κ2) is 9.80. The van der Waals surface area contributed by atoms with E-state index in [0.29, 0.717) is 6.54 Å². The van der Waals surface area contributed by atoms with E-state index in [0.717, 1.165) is 12.8 Å². The summed E-state index contributed by atoms with van der Waals surface area (Å²) in [6.07, 6.45) is 4.59. The minimum Gasteiger partial charge on any atom is -0.353 e. The first-order valence-corrected chi connectivity index (χ1v) is 8.43. The first-order valence-electron chi connectivity index (χ1n) is 7.61. The smallest absolute Gasteiger partial charge is 0.239 e. The fourth-order valence-electron chi connectivity index (χ4n) is 2.65. The predicted molar refractivity (Wildman–Crippen MR) is 95.8 cm³/mol. The van der Waals surface area contributed by atoms with E-state index in [4.69, 9.17) is 5.73 Å². The summed E-state index contributed by atoms with van der Waals surface area (Å²) < 4.78 is 0.0644. The number of carbonyl (C=O) groups is 2. The standard InChI is InChI=1S/C16H23N3O2S.ClH/c17-10-14(20)18-11-15(21)19-12-16(8-4-5-9-16)22-13-6-2-1-3-7-13;/h1-3,6-7H,4-5,8-12,17H2,(H,18,20)(H,19,21);1H. The summed E-state index contributed by atoms with van der Waals surface area (Å²) in [6, 6.07) is 10.3. The van der Waals surface area contributed by atoms with Gasteiger partial charge in [0.05, 0.1) is 13.1 Å². The van der Waals surface area contributed by atoms with Crippen LogP contribution in [0.2, 0.25) is 0 Å². The lowest BCUT2D eigenvalue weighted by Crippen LogP contribution is -2.44. The summed E-state index contributed by atoms with van der Waals surface area (Å²) in [5, 5.41) is 5.44. The van der Waals surface area contributed by atoms with Crippen LogP contribution in [0.4, 0.5) is 0 Å². The van der Waals surface area contributed by atoms with Gasteiger partial charge in [-0.1, -0.05) is 31.0 Å². The Morgan fingerprint density at radius 1 is 1.09 bits per heavy atom. The molecule has 1 aliphatic carbocycles. The maximum Gasteiger partial charge on any atom is 0.239 e. The summed E-state index contributed by atoms with van der Waals surface area (Å²) >= 11 is 1.85. The molecule has 2 rings (SSSR count). The van der Waals surface area contributed by atoms with Crippen molar-refractivity contribution in [3.8, 4) is 0 Å². The second-order valence-corrected chi connectivity index (χ2v) is 7.10. The fourth-order valence-corrected chi connectivity index (χ4v) is 4.08. The predicted octanol–water partition coefficient (Wildman–Crippen LogP) is 1.70. The molecule has 1 aliphatic rings. The number of nitrogens with one attached hydrogen (secondary N) is 2. The third kappa shape index (κ3) is 6.41. The molecule has 0 saturated heterocycles. The molecule has 0 bridgehead atoms. The number of thioether (sulfide) groups is 1. The minimum atomic E-state index is -0.315. The lowest BCUT2D eigenvalue weighted by Gasteiger charge is -2.28. The monoisotopic (exact) mass is 357 g/mol. The molecule has 0 heterocycles. The van der Waals surface area contributed by atoms with Crippen molar-refractivity contribution in [2.24, 2.45) is 5.73 Å². The Morgan fingerprint density at radius 3 is 2.35 bits per heavy atom. The molecule has 0 radical (unpaired) electrons. The molecular formula is C16H24ClN3O2S. The van der Waals surface area contributed by atoms with Gasteiger partial charge in [0.15, 0.2) is 0 Å². The average Bonchev–Trinajstić information content (AvgIpc) is 3.00. The quantitative estimate of drug-likeness (QED) is 0.693. The Balaban J connectivity index is 0.00000264. The van der Waals surface area contributed by atoms with Gasteiger partial charge in [-0.15, -0.1) is 24.2 Å². The highest BCUT2D eigenvalue weighted by Crippen LogP contribution is 2.44. The maximum atomic E-state index is 11.8. The molecule has 1 fully saturated rings. The summed E-state index contributed by atoms with van der Waals surface area (Å²) in [5.74, 6) is -0.480. The van der Waals surface area contributed by atoms with Gasteiger partial charge in [0.2, 0.25) is 11.8 Å². The Kier molecular flexibility index (Phi) is 8.44. The van der Waals surface area contributed by atoms with Crippen molar-refractivity contribution in [3.05, 3.63) is 30.3 Å². The van der Waals surface area contributed by atoms with Crippen LogP contribution in [0.1, 0.15) is 25.7 Å². The average molecular weight is 358 g/mol. The van der Waals surface area contributed by atoms with E-state index in [1.54, 1.807) is 0 Å². The summed E-state index contributed by atoms with van der Waals surface area (Å²) in [5.41, 5.74) is 5.19. The van der Waals surface area contributed by atoms with Crippen molar-refractivity contribution in [3.63, 3.8) is 0 Å². The molecule has 23 heavy (non-hydrogen) atoms. The highest BCUT2D eigenvalue weighted by atomic mass is 35.5. The van der Waals surface area contributed by atoms with Crippen LogP contribution in [0.5, 0.6) is 0 Å². The van der Waals surface area contributed by atoms with Crippen molar-refractivity contribution < 1.29 is 9.59 Å². The lowest BCUT2D eigenvalue weighted by atomic mass is 10.1. The van der Waals surface area contributed by atoms with Crippen LogP contribution in [-0.2, 0) is 9.59 Å². The van der Waals surface area contributed by atoms with E-state index < -0.39 is 0 Å². The highest BCUT2D eigenvalue weighted by Gasteiger charge is 2.35. The Hall–Kier alpha value is -1.24. The fraction of sp³-hybridized carbons (Fsp3) is 0.500. The van der Waals surface area contributed by atoms with Gasteiger partial charge in [0.1, 0.15) is 0 Å². The highest BCUT2D eigenvalue weighted by molar-refractivity contribution is 8.00. The van der Waals surface area contributed by atoms with Gasteiger partial charge in [-0.05, 0) is 25.0 Å². The van der Waals surface area contributed by atoms with E-state index in [9.17, 15) is 9.59 Å². The lowest BCUT2D eigenvalue weighted by molar-refractivity contribution is -0.125. The van der Waals surface area contributed by atoms with E-state index in [-0.39, 0.29) is 42.1 Å². The third-order valence-corrected chi connectivity index (χ3v) is 5.33. The zero-order chi connectivity index (χ0) is 15.8. The van der Waals surface area contributed by atoms with E-state index in [1.165, 1.54) is 17.7 Å². The first kappa shape index (κ1) is 19.8. The number of amides is 2. The van der Waals surface area contributed by atoms with Crippen molar-refractivity contribution >= 4 is 36.0 Å². The van der Waals surface area contributed by atoms with E-state index >= 15 is 0 Å². The molecule has 1 saturated carbocycles. The van der Waals surface area contributed by atoms with Crippen molar-refractivity contribution in [2.75, 3.05) is 19.6 Å². The molecule has 4 N–H and O–H groups in total. The normalized spacial score (nSPS) is 15.5. The van der Waals surface area contributed by atoms with Gasteiger partial charge in [0.25, 0.3) is 0 Å². The molecule has 5 nitrogen and oxygen atoms in total. The zero-order valence-corrected chi connectivity index (χ0v) is 14.7. The molecule has 0 spiro atoms. The first-order chi connectivity index (χ1) is 10.6. The zero-order valence-electron chi connectivity index (χ0n) is 13.0. The van der Waals surface area contributed by atoms with Gasteiger partial charge in [-0.25, -0.2) is 0 Å². The minimum absolute atomic E-state index is 0. The number of nitrogens with two attached hydrogens (primary N) is 1. The molecule has 128 valence electrons. The molecule has 0 atom stereocenters. The SMILES string of the molecule is Cl.NCC(=O)NCC(=O)NCC1(Sc2ccccc2)CCCC1. The van der Waals surface area contributed by atoms with Crippen LogP contribution in [0.25, 0.3) is 0 Å². The molecule has 0 aliphatic heterocycles. The summed E-state index contributed by atoms with van der Waals surface area (Å²) in [7, 11) is 0. The topological polar surface area (TPSA) is 84.2 Å². The van der Waals surface area contributed by atoms with Crippen LogP contribution in [0, 0.1) is 0 Å². The number of halogens is 1. The van der Waals surface area contributed by atoms with Crippen LogP contribution in [0.3, 0.4) is 0 Å². The van der Waals surface area contributed by atoms with Gasteiger partial charge in [-0.2, -0.15) is 0 Å². The number of hydrogen-bond acceptors (Lipinski definition) is 4. The van der Waals surface area contributed by atoms with Crippen LogP contribution >= 0.6 is 24.2 Å². The molecule has 7 heteroatoms. The number of benzene rings is 1. The molecular weight excluding hydrogens is 334 g/mol. The summed E-state index contributed by atoms with van der Waals surface area (Å²) in [4.78, 5) is 24.1. The van der Waals surface area contributed by atoms with E-state index in [2.05, 4.69) is 22.8 Å². The van der Waals surface area contributed by atoms with Crippen molar-refractivity contribution in [2.45, 2.75) is 35.3 Å². The Bertz CT molecular complexity index is 507. The molecule has 0 unspecified atom stereocenters. The number of hydrogen-bond donors (Lipinski definition) is 3. The van der Waals surface area contributed by atoms with Crippen LogP contribution in [0.15, 0.2) is 35.2 Å². The van der Waals surface area contributed by atoms with Gasteiger partial charge in [-0.3, -0.25) is 9.59 Å². The number of rotatable bonds is 7. The number of carbonyl (C=O) groups excluding carboxylic acids is 2. The van der Waals surface area contributed by atoms with Crippen LogP contribution in [-0.4, -0.2) is 36.2 Å². The van der Waals surface area contributed by atoms with Crippen LogP contribution < -0.4 is 16.4 Å². The molecule has 2 amide bonds.